The second kappa shape index (κ2) is 10.0. The molecule has 2 N–H and O–H groups in total. The van der Waals surface area contributed by atoms with E-state index in [1.807, 2.05) is 31.2 Å². The predicted octanol–water partition coefficient (Wildman–Crippen LogP) is 6.50. The van der Waals surface area contributed by atoms with Gasteiger partial charge in [-0.05, 0) is 76.1 Å². The van der Waals surface area contributed by atoms with Crippen molar-refractivity contribution in [3.8, 4) is 11.3 Å². The molecule has 0 spiro atoms. The highest BCUT2D eigenvalue weighted by molar-refractivity contribution is 5.80. The van der Waals surface area contributed by atoms with Crippen molar-refractivity contribution in [2.24, 2.45) is 0 Å². The Labute approximate surface area is 198 Å². The van der Waals surface area contributed by atoms with Gasteiger partial charge in [-0.2, -0.15) is 13.2 Å². The number of nitrogens with zero attached hydrogens (tertiary/aromatic N) is 3. The van der Waals surface area contributed by atoms with E-state index in [2.05, 4.69) is 39.6 Å². The maximum Gasteiger partial charge on any atom is 0.416 e. The summed E-state index contributed by atoms with van der Waals surface area (Å²) in [5.74, 6) is 0.712. The van der Waals surface area contributed by atoms with Crippen molar-refractivity contribution in [1.29, 1.82) is 0 Å². The van der Waals surface area contributed by atoms with E-state index in [1.54, 1.807) is 12.1 Å². The minimum absolute atomic E-state index is 0.288. The number of benzene rings is 2. The Bertz CT molecular complexity index is 1120. The molecule has 1 aliphatic rings. The van der Waals surface area contributed by atoms with Gasteiger partial charge in [-0.3, -0.25) is 4.90 Å². The zero-order valence-electron chi connectivity index (χ0n) is 19.7. The molecule has 3 aromatic rings. The molecule has 2 aromatic carbocycles. The number of para-hydroxylation sites is 1. The van der Waals surface area contributed by atoms with Crippen LogP contribution in [0.15, 0.2) is 54.6 Å². The van der Waals surface area contributed by atoms with Gasteiger partial charge < -0.3 is 10.6 Å². The third kappa shape index (κ3) is 5.67. The third-order valence-electron chi connectivity index (χ3n) is 6.18. The summed E-state index contributed by atoms with van der Waals surface area (Å²) in [5.41, 5.74) is 2.28. The minimum Gasteiger partial charge on any atom is -0.364 e. The lowest BCUT2D eigenvalue weighted by atomic mass is 10.0. The normalized spacial score (nSPS) is 17.1. The summed E-state index contributed by atoms with van der Waals surface area (Å²) in [7, 11) is 0. The Morgan fingerprint density at radius 2 is 1.79 bits per heavy atom. The van der Waals surface area contributed by atoms with Gasteiger partial charge in [-0.25, -0.2) is 0 Å². The smallest absolute Gasteiger partial charge is 0.364 e. The first-order chi connectivity index (χ1) is 16.2. The maximum absolute atomic E-state index is 13.4. The molecule has 1 aromatic heterocycles. The fraction of sp³-hybridized carbons (Fsp3) is 0.385. The summed E-state index contributed by atoms with van der Waals surface area (Å²) < 4.78 is 40.2. The van der Waals surface area contributed by atoms with Crippen molar-refractivity contribution in [2.45, 2.75) is 51.9 Å². The van der Waals surface area contributed by atoms with E-state index in [9.17, 15) is 13.2 Å². The molecule has 1 aliphatic heterocycles. The maximum atomic E-state index is 13.4. The summed E-state index contributed by atoms with van der Waals surface area (Å²) in [4.78, 5) is 2.45. The molecule has 1 saturated heterocycles. The molecule has 0 saturated carbocycles. The summed E-state index contributed by atoms with van der Waals surface area (Å²) in [6, 6.07) is 15.4. The second-order valence-electron chi connectivity index (χ2n) is 9.08. The average molecular weight is 470 g/mol. The van der Waals surface area contributed by atoms with E-state index in [1.165, 1.54) is 6.07 Å². The van der Waals surface area contributed by atoms with E-state index >= 15 is 0 Å². The molecule has 0 radical (unpaired) electrons. The Hall–Kier alpha value is -3.13. The van der Waals surface area contributed by atoms with Gasteiger partial charge >= 0.3 is 6.18 Å². The van der Waals surface area contributed by atoms with Crippen LogP contribution in [0.25, 0.3) is 11.3 Å². The lowest BCUT2D eigenvalue weighted by Gasteiger charge is -2.36. The van der Waals surface area contributed by atoms with Crippen LogP contribution >= 0.6 is 0 Å². The number of piperidine rings is 1. The highest BCUT2D eigenvalue weighted by Gasteiger charge is 2.31. The first-order valence-electron chi connectivity index (χ1n) is 11.6. The molecule has 180 valence electrons. The summed E-state index contributed by atoms with van der Waals surface area (Å²) in [6.07, 6.45) is -2.25. The van der Waals surface area contributed by atoms with Crippen LogP contribution in [-0.4, -0.2) is 40.3 Å². The van der Waals surface area contributed by atoms with Gasteiger partial charge in [0.25, 0.3) is 0 Å². The first kappa shape index (κ1) is 24.0. The lowest BCUT2D eigenvalue weighted by Crippen LogP contribution is -2.45. The fourth-order valence-electron chi connectivity index (χ4n) is 4.27. The molecule has 4 rings (SSSR count). The molecule has 1 fully saturated rings. The first-order valence-corrected chi connectivity index (χ1v) is 11.6. The number of rotatable bonds is 6. The number of nitrogens with one attached hydrogen (secondary N) is 2. The number of aromatic nitrogens is 2. The monoisotopic (exact) mass is 469 g/mol. The van der Waals surface area contributed by atoms with E-state index < -0.39 is 11.7 Å². The van der Waals surface area contributed by atoms with Crippen LogP contribution < -0.4 is 10.6 Å². The standard InChI is InChI=1S/C26H30F3N5/c1-17(2)34-13-7-10-21(16-34)31-25-18(3)14-24(32-33-25)22-12-11-19(26(27,28)29)15-23(22)30-20-8-5-4-6-9-20/h4-6,8-9,11-12,14-15,17,21,30H,7,10,13,16H2,1-3H3,(H,31,33)/t21-/m1/s1. The van der Waals surface area contributed by atoms with Gasteiger partial charge in [0.15, 0.2) is 5.82 Å². The molecule has 0 bridgehead atoms. The van der Waals surface area contributed by atoms with Crippen molar-refractivity contribution in [1.82, 2.24) is 15.1 Å². The predicted molar refractivity (Wildman–Crippen MR) is 130 cm³/mol. The minimum atomic E-state index is -4.44. The second-order valence-corrected chi connectivity index (χ2v) is 9.08. The zero-order valence-corrected chi connectivity index (χ0v) is 19.7. The highest BCUT2D eigenvalue weighted by Crippen LogP contribution is 2.37. The molecule has 5 nitrogen and oxygen atoms in total. The Balaban J connectivity index is 1.61. The number of aryl methyl sites for hydroxylation is 1. The molecule has 0 aliphatic carbocycles. The molecule has 0 amide bonds. The van der Waals surface area contributed by atoms with Crippen LogP contribution in [0.3, 0.4) is 0 Å². The molecule has 1 atom stereocenters. The van der Waals surface area contributed by atoms with Crippen molar-refractivity contribution in [3.05, 3.63) is 65.7 Å². The summed E-state index contributed by atoms with van der Waals surface area (Å²) in [5, 5.41) is 15.4. The zero-order chi connectivity index (χ0) is 24.3. The topological polar surface area (TPSA) is 53.1 Å². The number of halogens is 3. The molecule has 2 heterocycles. The number of anilines is 3. The van der Waals surface area contributed by atoms with Crippen LogP contribution in [-0.2, 0) is 6.18 Å². The van der Waals surface area contributed by atoms with Crippen molar-refractivity contribution in [3.63, 3.8) is 0 Å². The van der Waals surface area contributed by atoms with Crippen molar-refractivity contribution < 1.29 is 13.2 Å². The van der Waals surface area contributed by atoms with E-state index in [4.69, 9.17) is 0 Å². The van der Waals surface area contributed by atoms with Crippen LogP contribution in [0.4, 0.5) is 30.4 Å². The quantitative estimate of drug-likeness (QED) is 0.432. The van der Waals surface area contributed by atoms with Crippen LogP contribution in [0, 0.1) is 6.92 Å². The number of alkyl halides is 3. The van der Waals surface area contributed by atoms with Gasteiger partial charge in [-0.15, -0.1) is 10.2 Å². The Morgan fingerprint density at radius 1 is 1.03 bits per heavy atom. The lowest BCUT2D eigenvalue weighted by molar-refractivity contribution is -0.137. The SMILES string of the molecule is Cc1cc(-c2ccc(C(F)(F)F)cc2Nc2ccccc2)nnc1N[C@@H]1CCCN(C(C)C)C1. The van der Waals surface area contributed by atoms with E-state index in [0.29, 0.717) is 34.5 Å². The number of hydrogen-bond donors (Lipinski definition) is 2. The van der Waals surface area contributed by atoms with Crippen LogP contribution in [0.2, 0.25) is 0 Å². The van der Waals surface area contributed by atoms with E-state index in [0.717, 1.165) is 43.6 Å². The molecular weight excluding hydrogens is 439 g/mol. The van der Waals surface area contributed by atoms with Crippen LogP contribution in [0.5, 0.6) is 0 Å². The van der Waals surface area contributed by atoms with Gasteiger partial charge in [0.2, 0.25) is 0 Å². The van der Waals surface area contributed by atoms with Gasteiger partial charge in [-0.1, -0.05) is 24.3 Å². The Morgan fingerprint density at radius 3 is 2.47 bits per heavy atom. The highest BCUT2D eigenvalue weighted by atomic mass is 19.4. The summed E-state index contributed by atoms with van der Waals surface area (Å²) in [6.45, 7) is 8.40. The van der Waals surface area contributed by atoms with E-state index in [-0.39, 0.29) is 6.04 Å². The Kier molecular flexibility index (Phi) is 7.07. The van der Waals surface area contributed by atoms with Gasteiger partial charge in [0, 0.05) is 35.6 Å². The fourth-order valence-corrected chi connectivity index (χ4v) is 4.27. The van der Waals surface area contributed by atoms with Crippen molar-refractivity contribution >= 4 is 17.2 Å². The molecule has 34 heavy (non-hydrogen) atoms. The van der Waals surface area contributed by atoms with Gasteiger partial charge in [0.05, 0.1) is 11.3 Å². The largest absolute Gasteiger partial charge is 0.416 e. The van der Waals surface area contributed by atoms with Crippen molar-refractivity contribution in [2.75, 3.05) is 23.7 Å². The molecule has 8 heteroatoms. The number of hydrogen-bond acceptors (Lipinski definition) is 5. The van der Waals surface area contributed by atoms with Gasteiger partial charge in [0.1, 0.15) is 0 Å². The average Bonchev–Trinajstić information content (AvgIpc) is 2.81. The molecular formula is C26H30F3N5. The summed E-state index contributed by atoms with van der Waals surface area (Å²) >= 11 is 0. The van der Waals surface area contributed by atoms with Crippen LogP contribution in [0.1, 0.15) is 37.8 Å². The third-order valence-corrected chi connectivity index (χ3v) is 6.18. The number of likely N-dealkylation sites (tertiary alicyclic amines) is 1. The molecule has 0 unspecified atom stereocenters.